The molecule has 0 aromatic carbocycles. The molecule has 0 aliphatic heterocycles. The quantitative estimate of drug-likeness (QED) is 0.783. The second-order valence-electron chi connectivity index (χ2n) is 4.87. The van der Waals surface area contributed by atoms with Crippen LogP contribution in [-0.4, -0.2) is 11.0 Å². The lowest BCUT2D eigenvalue weighted by Crippen LogP contribution is -2.29. The molecule has 2 nitrogen and oxygen atoms in total. The van der Waals surface area contributed by atoms with Crippen molar-refractivity contribution in [3.8, 4) is 0 Å². The highest BCUT2D eigenvalue weighted by Crippen LogP contribution is 2.39. The first-order valence-corrected chi connectivity index (χ1v) is 6.27. The van der Waals surface area contributed by atoms with Crippen molar-refractivity contribution in [2.45, 2.75) is 50.2 Å². The van der Waals surface area contributed by atoms with E-state index in [9.17, 15) is 13.2 Å². The topological polar surface area (TPSA) is 38.9 Å². The Labute approximate surface area is 104 Å². The summed E-state index contributed by atoms with van der Waals surface area (Å²) in [7, 11) is 0. The van der Waals surface area contributed by atoms with Gasteiger partial charge in [0.05, 0.1) is 5.56 Å². The maximum atomic E-state index is 13.0. The molecule has 1 aliphatic rings. The zero-order chi connectivity index (χ0) is 13.2. The molecule has 2 unspecified atom stereocenters. The van der Waals surface area contributed by atoms with Gasteiger partial charge < -0.3 is 5.73 Å². The van der Waals surface area contributed by atoms with Crippen LogP contribution in [0.5, 0.6) is 0 Å². The van der Waals surface area contributed by atoms with Crippen molar-refractivity contribution in [2.75, 3.05) is 0 Å². The number of pyridine rings is 1. The van der Waals surface area contributed by atoms with Gasteiger partial charge in [-0.15, -0.1) is 0 Å². The van der Waals surface area contributed by atoms with Gasteiger partial charge in [0.2, 0.25) is 0 Å². The van der Waals surface area contributed by atoms with Crippen molar-refractivity contribution in [1.29, 1.82) is 0 Å². The van der Waals surface area contributed by atoms with Crippen molar-refractivity contribution in [1.82, 2.24) is 4.98 Å². The number of halogens is 3. The van der Waals surface area contributed by atoms with Crippen LogP contribution in [0.3, 0.4) is 0 Å². The second-order valence-corrected chi connectivity index (χ2v) is 4.87. The van der Waals surface area contributed by atoms with Gasteiger partial charge in [-0.25, -0.2) is 0 Å². The highest BCUT2D eigenvalue weighted by molar-refractivity contribution is 5.31. The fourth-order valence-corrected chi connectivity index (χ4v) is 2.68. The van der Waals surface area contributed by atoms with Gasteiger partial charge in [0.25, 0.3) is 0 Å². The Balaban J connectivity index is 2.37. The molecule has 5 heteroatoms. The average molecular weight is 258 g/mol. The van der Waals surface area contributed by atoms with E-state index in [1.165, 1.54) is 12.4 Å². The van der Waals surface area contributed by atoms with Crippen LogP contribution in [-0.2, 0) is 6.18 Å². The number of rotatable bonds is 1. The van der Waals surface area contributed by atoms with E-state index in [-0.39, 0.29) is 17.5 Å². The van der Waals surface area contributed by atoms with Gasteiger partial charge in [0, 0.05) is 24.4 Å². The molecule has 100 valence electrons. The lowest BCUT2D eigenvalue weighted by Gasteiger charge is -2.24. The van der Waals surface area contributed by atoms with Gasteiger partial charge in [-0.2, -0.15) is 13.2 Å². The molecule has 2 rings (SSSR count). The number of nitrogens with zero attached hydrogens (tertiary/aromatic N) is 1. The maximum Gasteiger partial charge on any atom is 0.416 e. The molecule has 18 heavy (non-hydrogen) atoms. The van der Waals surface area contributed by atoms with E-state index in [0.717, 1.165) is 38.2 Å². The summed E-state index contributed by atoms with van der Waals surface area (Å²) in [5.41, 5.74) is 5.71. The van der Waals surface area contributed by atoms with Crippen LogP contribution < -0.4 is 5.73 Å². The largest absolute Gasteiger partial charge is 0.416 e. The minimum Gasteiger partial charge on any atom is -0.327 e. The molecule has 0 spiro atoms. The maximum absolute atomic E-state index is 13.0. The minimum absolute atomic E-state index is 0.196. The van der Waals surface area contributed by atoms with Gasteiger partial charge in [-0.1, -0.05) is 19.3 Å². The number of aromatic nitrogens is 1. The summed E-state index contributed by atoms with van der Waals surface area (Å²) in [5, 5.41) is 0. The van der Waals surface area contributed by atoms with Gasteiger partial charge in [-0.05, 0) is 24.5 Å². The Morgan fingerprint density at radius 1 is 1.17 bits per heavy atom. The summed E-state index contributed by atoms with van der Waals surface area (Å²) >= 11 is 0. The molecule has 1 heterocycles. The molecular formula is C13H17F3N2. The van der Waals surface area contributed by atoms with Crippen molar-refractivity contribution >= 4 is 0 Å². The Bertz CT molecular complexity index is 403. The molecular weight excluding hydrogens is 241 g/mol. The zero-order valence-corrected chi connectivity index (χ0v) is 10.1. The predicted octanol–water partition coefficient (Wildman–Crippen LogP) is 3.48. The predicted molar refractivity (Wildman–Crippen MR) is 63.0 cm³/mol. The van der Waals surface area contributed by atoms with E-state index in [2.05, 4.69) is 4.98 Å². The molecule has 0 amide bonds. The Morgan fingerprint density at radius 2 is 1.89 bits per heavy atom. The van der Waals surface area contributed by atoms with Crippen LogP contribution in [0.1, 0.15) is 49.1 Å². The summed E-state index contributed by atoms with van der Waals surface area (Å²) in [6, 6.07) is 0.852. The first-order valence-electron chi connectivity index (χ1n) is 6.27. The van der Waals surface area contributed by atoms with Crippen LogP contribution in [0.25, 0.3) is 0 Å². The van der Waals surface area contributed by atoms with E-state index >= 15 is 0 Å². The van der Waals surface area contributed by atoms with Gasteiger partial charge in [0.15, 0.2) is 0 Å². The Morgan fingerprint density at radius 3 is 2.61 bits per heavy atom. The summed E-state index contributed by atoms with van der Waals surface area (Å²) in [6.07, 6.45) is 2.68. The van der Waals surface area contributed by atoms with Crippen LogP contribution in [0.2, 0.25) is 0 Å². The molecule has 1 aliphatic carbocycles. The summed E-state index contributed by atoms with van der Waals surface area (Å²) in [4.78, 5) is 3.84. The van der Waals surface area contributed by atoms with Crippen LogP contribution >= 0.6 is 0 Å². The highest BCUT2D eigenvalue weighted by atomic mass is 19.4. The third-order valence-corrected chi connectivity index (χ3v) is 3.63. The van der Waals surface area contributed by atoms with E-state index in [4.69, 9.17) is 5.73 Å². The molecule has 1 aromatic rings. The molecule has 1 saturated carbocycles. The summed E-state index contributed by atoms with van der Waals surface area (Å²) in [6.45, 7) is 0. The SMILES string of the molecule is NC1CCCCCC1c1cnccc1C(F)(F)F. The van der Waals surface area contributed by atoms with Gasteiger partial charge in [-0.3, -0.25) is 4.98 Å². The molecule has 2 N–H and O–H groups in total. The first-order chi connectivity index (χ1) is 8.50. The Hall–Kier alpha value is -1.10. The fourth-order valence-electron chi connectivity index (χ4n) is 2.68. The number of nitrogens with two attached hydrogens (primary N) is 1. The fraction of sp³-hybridized carbons (Fsp3) is 0.615. The minimum atomic E-state index is -4.33. The smallest absolute Gasteiger partial charge is 0.327 e. The first kappa shape index (κ1) is 13.3. The van der Waals surface area contributed by atoms with E-state index in [0.29, 0.717) is 0 Å². The standard InChI is InChI=1S/C13H17F3N2/c14-13(15,16)11-6-7-18-8-10(11)9-4-2-1-3-5-12(9)17/h6-9,12H,1-5,17H2. The van der Waals surface area contributed by atoms with E-state index in [1.54, 1.807) is 0 Å². The Kier molecular flexibility index (Phi) is 3.90. The van der Waals surface area contributed by atoms with Crippen LogP contribution in [0.15, 0.2) is 18.5 Å². The lowest BCUT2D eigenvalue weighted by atomic mass is 9.86. The molecule has 1 aromatic heterocycles. The highest BCUT2D eigenvalue weighted by Gasteiger charge is 2.36. The number of alkyl halides is 3. The molecule has 0 saturated heterocycles. The van der Waals surface area contributed by atoms with E-state index in [1.807, 2.05) is 0 Å². The molecule has 0 bridgehead atoms. The van der Waals surface area contributed by atoms with Crippen LogP contribution in [0, 0.1) is 0 Å². The lowest BCUT2D eigenvalue weighted by molar-refractivity contribution is -0.138. The van der Waals surface area contributed by atoms with Crippen molar-refractivity contribution in [3.63, 3.8) is 0 Å². The monoisotopic (exact) mass is 258 g/mol. The van der Waals surface area contributed by atoms with Gasteiger partial charge in [0.1, 0.15) is 0 Å². The molecule has 1 fully saturated rings. The summed E-state index contributed by atoms with van der Waals surface area (Å²) in [5.74, 6) is -0.224. The summed E-state index contributed by atoms with van der Waals surface area (Å²) < 4.78 is 38.9. The third-order valence-electron chi connectivity index (χ3n) is 3.63. The number of hydrogen-bond acceptors (Lipinski definition) is 2. The van der Waals surface area contributed by atoms with Crippen molar-refractivity contribution in [3.05, 3.63) is 29.6 Å². The van der Waals surface area contributed by atoms with Gasteiger partial charge >= 0.3 is 6.18 Å². The number of hydrogen-bond donors (Lipinski definition) is 1. The zero-order valence-electron chi connectivity index (χ0n) is 10.1. The molecule has 2 atom stereocenters. The van der Waals surface area contributed by atoms with Crippen LogP contribution in [0.4, 0.5) is 13.2 Å². The van der Waals surface area contributed by atoms with Crippen molar-refractivity contribution < 1.29 is 13.2 Å². The second kappa shape index (κ2) is 5.26. The molecule has 0 radical (unpaired) electrons. The third kappa shape index (κ3) is 2.83. The normalized spacial score (nSPS) is 25.8. The van der Waals surface area contributed by atoms with E-state index < -0.39 is 11.7 Å². The van der Waals surface area contributed by atoms with Crippen molar-refractivity contribution in [2.24, 2.45) is 5.73 Å². The average Bonchev–Trinajstić information content (AvgIpc) is 2.53.